The molecular weight excluding hydrogens is 434 g/mol. The second kappa shape index (κ2) is 10.9. The SMILES string of the molecule is CC1C(=O)N(CCCN2CCOCC2)C(=S)N1c1ccc(Oc2ccccc2)cc1.Cl. The van der Waals surface area contributed by atoms with E-state index in [1.54, 1.807) is 4.90 Å². The Kier molecular flexibility index (Phi) is 8.26. The summed E-state index contributed by atoms with van der Waals surface area (Å²) < 4.78 is 11.3. The van der Waals surface area contributed by atoms with Crippen LogP contribution in [0.4, 0.5) is 5.69 Å². The minimum absolute atomic E-state index is 0. The van der Waals surface area contributed by atoms with Gasteiger partial charge in [0.2, 0.25) is 0 Å². The zero-order chi connectivity index (χ0) is 20.9. The number of ether oxygens (including phenoxy) is 2. The average Bonchev–Trinajstić information content (AvgIpc) is 2.99. The standard InChI is InChI=1S/C23H27N3O3S.ClH/c1-18-22(27)25(13-5-12-24-14-16-28-17-15-24)23(30)26(18)19-8-10-21(11-9-19)29-20-6-3-2-4-7-20;/h2-4,6-11,18H,5,12-17H2,1H3;1H. The van der Waals surface area contributed by atoms with E-state index in [4.69, 9.17) is 21.7 Å². The first kappa shape index (κ1) is 23.5. The van der Waals surface area contributed by atoms with Gasteiger partial charge >= 0.3 is 0 Å². The Morgan fingerprint density at radius 1 is 1.00 bits per heavy atom. The number of rotatable bonds is 7. The molecule has 8 heteroatoms. The molecule has 2 fully saturated rings. The van der Waals surface area contributed by atoms with Crippen LogP contribution in [0.2, 0.25) is 0 Å². The van der Waals surface area contributed by atoms with Gasteiger partial charge in [0.15, 0.2) is 5.11 Å². The predicted octanol–water partition coefficient (Wildman–Crippen LogP) is 3.95. The lowest BCUT2D eigenvalue weighted by Crippen LogP contribution is -2.39. The molecule has 0 aromatic heterocycles. The van der Waals surface area contributed by atoms with Crippen molar-refractivity contribution >= 4 is 41.3 Å². The Labute approximate surface area is 195 Å². The topological polar surface area (TPSA) is 45.2 Å². The van der Waals surface area contributed by atoms with E-state index in [9.17, 15) is 4.79 Å². The maximum absolute atomic E-state index is 12.8. The molecule has 0 radical (unpaired) electrons. The quantitative estimate of drug-likeness (QED) is 0.582. The summed E-state index contributed by atoms with van der Waals surface area (Å²) in [6.45, 7) is 6.99. The third-order valence-electron chi connectivity index (χ3n) is 5.50. The fourth-order valence-corrected chi connectivity index (χ4v) is 4.29. The number of para-hydroxylation sites is 1. The number of amides is 1. The lowest BCUT2D eigenvalue weighted by Gasteiger charge is -2.27. The van der Waals surface area contributed by atoms with Gasteiger partial charge in [0.05, 0.1) is 13.2 Å². The Hall–Kier alpha value is -2.19. The lowest BCUT2D eigenvalue weighted by molar-refractivity contribution is -0.126. The number of anilines is 1. The van der Waals surface area contributed by atoms with Crippen molar-refractivity contribution in [3.63, 3.8) is 0 Å². The number of benzene rings is 2. The van der Waals surface area contributed by atoms with Gasteiger partial charge in [-0.1, -0.05) is 18.2 Å². The molecule has 2 saturated heterocycles. The van der Waals surface area contributed by atoms with Crippen molar-refractivity contribution in [2.45, 2.75) is 19.4 Å². The highest BCUT2D eigenvalue weighted by Crippen LogP contribution is 2.29. The van der Waals surface area contributed by atoms with Crippen LogP contribution in [0.5, 0.6) is 11.5 Å². The summed E-state index contributed by atoms with van der Waals surface area (Å²) in [6.07, 6.45) is 0.899. The molecular formula is C23H28ClN3O3S. The summed E-state index contributed by atoms with van der Waals surface area (Å²) in [5, 5.41) is 0.575. The first-order valence-electron chi connectivity index (χ1n) is 10.4. The molecule has 0 bridgehead atoms. The first-order chi connectivity index (χ1) is 14.6. The molecule has 6 nitrogen and oxygen atoms in total. The van der Waals surface area contributed by atoms with Crippen LogP contribution in [0.25, 0.3) is 0 Å². The molecule has 1 atom stereocenters. The van der Waals surface area contributed by atoms with Gasteiger partial charge < -0.3 is 14.4 Å². The number of morpholine rings is 1. The Morgan fingerprint density at radius 3 is 2.32 bits per heavy atom. The number of thiocarbonyl (C=S) groups is 1. The second-order valence-electron chi connectivity index (χ2n) is 7.54. The monoisotopic (exact) mass is 461 g/mol. The molecule has 4 rings (SSSR count). The van der Waals surface area contributed by atoms with Crippen molar-refractivity contribution < 1.29 is 14.3 Å². The van der Waals surface area contributed by atoms with E-state index in [0.717, 1.165) is 56.5 Å². The Morgan fingerprint density at radius 2 is 1.65 bits per heavy atom. The zero-order valence-corrected chi connectivity index (χ0v) is 19.2. The van der Waals surface area contributed by atoms with Crippen molar-refractivity contribution in [1.29, 1.82) is 0 Å². The molecule has 2 aliphatic rings. The number of carbonyl (C=O) groups is 1. The first-order valence-corrected chi connectivity index (χ1v) is 10.8. The molecule has 31 heavy (non-hydrogen) atoms. The summed E-state index contributed by atoms with van der Waals surface area (Å²) in [5.74, 6) is 1.60. The molecule has 0 saturated carbocycles. The summed E-state index contributed by atoms with van der Waals surface area (Å²) in [6, 6.07) is 17.1. The molecule has 0 N–H and O–H groups in total. The van der Waals surface area contributed by atoms with Crippen molar-refractivity contribution in [3.8, 4) is 11.5 Å². The van der Waals surface area contributed by atoms with E-state index in [-0.39, 0.29) is 24.4 Å². The van der Waals surface area contributed by atoms with E-state index < -0.39 is 0 Å². The third-order valence-corrected chi connectivity index (χ3v) is 5.92. The van der Waals surface area contributed by atoms with Gasteiger partial charge in [0.25, 0.3) is 5.91 Å². The second-order valence-corrected chi connectivity index (χ2v) is 7.90. The van der Waals surface area contributed by atoms with Gasteiger partial charge in [-0.2, -0.15) is 0 Å². The summed E-state index contributed by atoms with van der Waals surface area (Å²) >= 11 is 5.67. The predicted molar refractivity (Wildman–Crippen MR) is 128 cm³/mol. The molecule has 2 aromatic carbocycles. The fourth-order valence-electron chi connectivity index (χ4n) is 3.84. The molecule has 0 spiro atoms. The van der Waals surface area contributed by atoms with Gasteiger partial charge in [0.1, 0.15) is 17.5 Å². The molecule has 0 aliphatic carbocycles. The summed E-state index contributed by atoms with van der Waals surface area (Å²) in [4.78, 5) is 18.9. The third kappa shape index (κ3) is 5.54. The maximum atomic E-state index is 12.8. The lowest BCUT2D eigenvalue weighted by atomic mass is 10.2. The van der Waals surface area contributed by atoms with Crippen LogP contribution in [0.1, 0.15) is 13.3 Å². The van der Waals surface area contributed by atoms with Crippen LogP contribution in [-0.4, -0.2) is 66.3 Å². The van der Waals surface area contributed by atoms with Crippen LogP contribution < -0.4 is 9.64 Å². The van der Waals surface area contributed by atoms with Gasteiger partial charge in [-0.15, -0.1) is 12.4 Å². The van der Waals surface area contributed by atoms with Crippen LogP contribution in [0.3, 0.4) is 0 Å². The number of carbonyl (C=O) groups excluding carboxylic acids is 1. The smallest absolute Gasteiger partial charge is 0.251 e. The van der Waals surface area contributed by atoms with Gasteiger partial charge in [-0.05, 0) is 62.0 Å². The van der Waals surface area contributed by atoms with Crippen LogP contribution in [0, 0.1) is 0 Å². The minimum atomic E-state index is -0.304. The molecule has 2 heterocycles. The summed E-state index contributed by atoms with van der Waals surface area (Å²) in [5.41, 5.74) is 0.900. The largest absolute Gasteiger partial charge is 0.457 e. The van der Waals surface area contributed by atoms with E-state index in [1.807, 2.05) is 66.4 Å². The van der Waals surface area contributed by atoms with E-state index >= 15 is 0 Å². The van der Waals surface area contributed by atoms with Gasteiger partial charge in [0, 0.05) is 31.9 Å². The Bertz CT molecular complexity index is 875. The number of hydrogen-bond donors (Lipinski definition) is 0. The number of halogens is 1. The van der Waals surface area contributed by atoms with Crippen LogP contribution >= 0.6 is 24.6 Å². The van der Waals surface area contributed by atoms with Crippen molar-refractivity contribution in [2.75, 3.05) is 44.3 Å². The maximum Gasteiger partial charge on any atom is 0.251 e. The van der Waals surface area contributed by atoms with Crippen LogP contribution in [-0.2, 0) is 9.53 Å². The van der Waals surface area contributed by atoms with Gasteiger partial charge in [-0.3, -0.25) is 14.6 Å². The number of hydrogen-bond acceptors (Lipinski definition) is 5. The van der Waals surface area contributed by atoms with Crippen molar-refractivity contribution in [3.05, 3.63) is 54.6 Å². The highest BCUT2D eigenvalue weighted by atomic mass is 35.5. The molecule has 2 aromatic rings. The summed E-state index contributed by atoms with van der Waals surface area (Å²) in [7, 11) is 0. The average molecular weight is 462 g/mol. The Balaban J connectivity index is 0.00000272. The van der Waals surface area contributed by atoms with E-state index in [0.29, 0.717) is 11.7 Å². The molecule has 166 valence electrons. The molecule has 1 unspecified atom stereocenters. The van der Waals surface area contributed by atoms with Gasteiger partial charge in [-0.25, -0.2) is 0 Å². The normalized spacial score (nSPS) is 19.5. The molecule has 2 aliphatic heterocycles. The zero-order valence-electron chi connectivity index (χ0n) is 17.6. The van der Waals surface area contributed by atoms with Crippen molar-refractivity contribution in [2.24, 2.45) is 0 Å². The number of nitrogens with zero attached hydrogens (tertiary/aromatic N) is 3. The highest BCUT2D eigenvalue weighted by Gasteiger charge is 2.40. The van der Waals surface area contributed by atoms with Crippen molar-refractivity contribution in [1.82, 2.24) is 9.80 Å². The highest BCUT2D eigenvalue weighted by molar-refractivity contribution is 7.80. The van der Waals surface area contributed by atoms with E-state index in [2.05, 4.69) is 4.90 Å². The van der Waals surface area contributed by atoms with E-state index in [1.165, 1.54) is 0 Å². The molecule has 1 amide bonds. The van der Waals surface area contributed by atoms with Crippen LogP contribution in [0.15, 0.2) is 54.6 Å². The fraction of sp³-hybridized carbons (Fsp3) is 0.391. The minimum Gasteiger partial charge on any atom is -0.457 e.